The third-order valence-electron chi connectivity index (χ3n) is 2.47. The van der Waals surface area contributed by atoms with Crippen LogP contribution in [0.2, 0.25) is 0 Å². The molecule has 0 aromatic heterocycles. The first-order chi connectivity index (χ1) is 10.8. The number of hydrogen-bond acceptors (Lipinski definition) is 3. The van der Waals surface area contributed by atoms with Crippen molar-refractivity contribution in [3.05, 3.63) is 73.3 Å². The minimum atomic E-state index is -0.440. The van der Waals surface area contributed by atoms with Crippen LogP contribution in [-0.2, 0) is 0 Å². The fourth-order valence-electron chi connectivity index (χ4n) is 1.43. The molecule has 0 heterocycles. The molecule has 0 aliphatic heterocycles. The van der Waals surface area contributed by atoms with Gasteiger partial charge in [0.15, 0.2) is 0 Å². The van der Waals surface area contributed by atoms with Gasteiger partial charge < -0.3 is 14.6 Å². The van der Waals surface area contributed by atoms with Gasteiger partial charge in [0.05, 0.1) is 6.10 Å². The molecular weight excluding hydrogens is 344 g/mol. The topological polar surface area (TPSA) is 38.7 Å². The number of halogens is 1. The van der Waals surface area contributed by atoms with Gasteiger partial charge >= 0.3 is 0 Å². The Morgan fingerprint density at radius 1 is 0.955 bits per heavy atom. The summed E-state index contributed by atoms with van der Waals surface area (Å²) in [6, 6.07) is 19.1. The van der Waals surface area contributed by atoms with Crippen molar-refractivity contribution in [1.29, 1.82) is 0 Å². The van der Waals surface area contributed by atoms with Crippen molar-refractivity contribution in [2.24, 2.45) is 0 Å². The molecule has 22 heavy (non-hydrogen) atoms. The van der Waals surface area contributed by atoms with E-state index in [-0.39, 0.29) is 0 Å². The maximum absolute atomic E-state index is 9.15. The lowest BCUT2D eigenvalue weighted by molar-refractivity contribution is 0.127. The van der Waals surface area contributed by atoms with Crippen LogP contribution in [0.15, 0.2) is 73.3 Å². The molecule has 0 amide bonds. The largest absolute Gasteiger partial charge is 0.491 e. The van der Waals surface area contributed by atoms with Gasteiger partial charge in [-0.2, -0.15) is 0 Å². The second kappa shape index (κ2) is 11.8. The number of para-hydroxylation sites is 2. The maximum Gasteiger partial charge on any atom is 0.119 e. The number of rotatable bonds is 7. The summed E-state index contributed by atoms with van der Waals surface area (Å²) < 4.78 is 10.5. The van der Waals surface area contributed by atoms with E-state index in [9.17, 15) is 0 Å². The SMILES string of the molecule is C=CCOc1ccccc1.OC(CBr)COc1ccccc1. The quantitative estimate of drug-likeness (QED) is 0.594. The predicted octanol–water partition coefficient (Wildman–Crippen LogP) is 4.07. The number of aliphatic hydroxyl groups is 1. The molecule has 0 bridgehead atoms. The number of ether oxygens (including phenoxy) is 2. The van der Waals surface area contributed by atoms with Gasteiger partial charge in [-0.25, -0.2) is 0 Å². The maximum atomic E-state index is 9.15. The minimum absolute atomic E-state index is 0.329. The van der Waals surface area contributed by atoms with E-state index in [1.54, 1.807) is 6.08 Å². The first kappa shape index (κ1) is 18.3. The number of benzene rings is 2. The number of aliphatic hydroxyl groups excluding tert-OH is 1. The van der Waals surface area contributed by atoms with E-state index < -0.39 is 6.10 Å². The standard InChI is InChI=1S/C9H11BrO2.C9H10O/c10-6-8(11)7-12-9-4-2-1-3-5-9;1-2-8-10-9-6-4-3-5-7-9/h1-5,8,11H,6-7H2;2-7H,1,8H2. The highest BCUT2D eigenvalue weighted by molar-refractivity contribution is 9.09. The van der Waals surface area contributed by atoms with Gasteiger partial charge in [-0.3, -0.25) is 0 Å². The van der Waals surface area contributed by atoms with Crippen LogP contribution in [0, 0.1) is 0 Å². The van der Waals surface area contributed by atoms with Crippen LogP contribution in [0.1, 0.15) is 0 Å². The van der Waals surface area contributed by atoms with Crippen LogP contribution in [0.4, 0.5) is 0 Å². The van der Waals surface area contributed by atoms with Crippen LogP contribution in [0.5, 0.6) is 11.5 Å². The Hall–Kier alpha value is -1.78. The van der Waals surface area contributed by atoms with Crippen LogP contribution >= 0.6 is 15.9 Å². The van der Waals surface area contributed by atoms with E-state index in [4.69, 9.17) is 14.6 Å². The summed E-state index contributed by atoms with van der Waals surface area (Å²) >= 11 is 3.16. The van der Waals surface area contributed by atoms with Crippen molar-refractivity contribution < 1.29 is 14.6 Å². The molecule has 1 N–H and O–H groups in total. The Morgan fingerprint density at radius 2 is 1.45 bits per heavy atom. The first-order valence-corrected chi connectivity index (χ1v) is 8.09. The number of alkyl halides is 1. The minimum Gasteiger partial charge on any atom is -0.491 e. The fourth-order valence-corrected chi connectivity index (χ4v) is 1.61. The van der Waals surface area contributed by atoms with Crippen molar-refractivity contribution in [2.75, 3.05) is 18.5 Å². The molecule has 0 fully saturated rings. The third kappa shape index (κ3) is 8.49. The van der Waals surface area contributed by atoms with Crippen LogP contribution in [0.25, 0.3) is 0 Å². The number of hydrogen-bond donors (Lipinski definition) is 1. The molecule has 0 saturated heterocycles. The molecular formula is C18H21BrO3. The van der Waals surface area contributed by atoms with Crippen molar-refractivity contribution in [3.8, 4) is 11.5 Å². The molecule has 0 radical (unpaired) electrons. The van der Waals surface area contributed by atoms with Gasteiger partial charge in [0.25, 0.3) is 0 Å². The van der Waals surface area contributed by atoms with Gasteiger partial charge in [0.1, 0.15) is 24.7 Å². The zero-order valence-electron chi connectivity index (χ0n) is 12.4. The molecule has 3 nitrogen and oxygen atoms in total. The highest BCUT2D eigenvalue weighted by atomic mass is 79.9. The van der Waals surface area contributed by atoms with E-state index in [2.05, 4.69) is 22.5 Å². The summed E-state index contributed by atoms with van der Waals surface area (Å²) in [5.74, 6) is 1.68. The Balaban J connectivity index is 0.000000224. The lowest BCUT2D eigenvalue weighted by atomic mass is 10.3. The monoisotopic (exact) mass is 364 g/mol. The molecule has 2 aromatic rings. The molecule has 0 aliphatic carbocycles. The molecule has 118 valence electrons. The van der Waals surface area contributed by atoms with Crippen LogP contribution < -0.4 is 9.47 Å². The fraction of sp³-hybridized carbons (Fsp3) is 0.222. The van der Waals surface area contributed by atoms with Gasteiger partial charge in [0.2, 0.25) is 0 Å². The Labute approximate surface area is 140 Å². The Bertz CT molecular complexity index is 502. The normalized spacial score (nSPS) is 10.8. The van der Waals surface area contributed by atoms with Gasteiger partial charge in [-0.15, -0.1) is 0 Å². The highest BCUT2D eigenvalue weighted by Gasteiger charge is 2.01. The second-order valence-corrected chi connectivity index (χ2v) is 4.99. The van der Waals surface area contributed by atoms with Crippen molar-refractivity contribution >= 4 is 15.9 Å². The van der Waals surface area contributed by atoms with Crippen molar-refractivity contribution in [2.45, 2.75) is 6.10 Å². The van der Waals surface area contributed by atoms with E-state index in [1.807, 2.05) is 60.7 Å². The van der Waals surface area contributed by atoms with Crippen LogP contribution in [0.3, 0.4) is 0 Å². The lowest BCUT2D eigenvalue weighted by Crippen LogP contribution is -2.18. The van der Waals surface area contributed by atoms with Gasteiger partial charge in [0, 0.05) is 5.33 Å². The molecule has 4 heteroatoms. The van der Waals surface area contributed by atoms with E-state index >= 15 is 0 Å². The average molecular weight is 365 g/mol. The van der Waals surface area contributed by atoms with Crippen molar-refractivity contribution in [3.63, 3.8) is 0 Å². The Morgan fingerprint density at radius 3 is 1.91 bits per heavy atom. The van der Waals surface area contributed by atoms with Crippen LogP contribution in [-0.4, -0.2) is 29.8 Å². The summed E-state index contributed by atoms with van der Waals surface area (Å²) in [4.78, 5) is 0. The first-order valence-electron chi connectivity index (χ1n) is 6.97. The van der Waals surface area contributed by atoms with E-state index in [1.165, 1.54) is 0 Å². The molecule has 0 spiro atoms. The highest BCUT2D eigenvalue weighted by Crippen LogP contribution is 2.09. The third-order valence-corrected chi connectivity index (χ3v) is 3.22. The molecule has 1 unspecified atom stereocenters. The second-order valence-electron chi connectivity index (χ2n) is 4.34. The zero-order valence-corrected chi connectivity index (χ0v) is 14.0. The van der Waals surface area contributed by atoms with E-state index in [0.717, 1.165) is 11.5 Å². The Kier molecular flexibility index (Phi) is 9.83. The smallest absolute Gasteiger partial charge is 0.119 e. The summed E-state index contributed by atoms with van der Waals surface area (Å²) in [7, 11) is 0. The zero-order chi connectivity index (χ0) is 16.0. The summed E-state index contributed by atoms with van der Waals surface area (Å²) in [5.41, 5.74) is 0. The molecule has 2 rings (SSSR count). The summed E-state index contributed by atoms with van der Waals surface area (Å²) in [6.45, 7) is 4.45. The molecule has 1 atom stereocenters. The molecule has 0 aliphatic rings. The van der Waals surface area contributed by atoms with Gasteiger partial charge in [-0.1, -0.05) is 65.0 Å². The average Bonchev–Trinajstić information content (AvgIpc) is 2.60. The summed E-state index contributed by atoms with van der Waals surface area (Å²) in [6.07, 6.45) is 1.29. The van der Waals surface area contributed by atoms with Gasteiger partial charge in [-0.05, 0) is 24.3 Å². The van der Waals surface area contributed by atoms with E-state index in [0.29, 0.717) is 18.5 Å². The summed E-state index contributed by atoms with van der Waals surface area (Å²) in [5, 5.41) is 9.69. The molecule has 0 saturated carbocycles. The predicted molar refractivity (Wildman–Crippen MR) is 93.9 cm³/mol. The molecule has 2 aromatic carbocycles. The van der Waals surface area contributed by atoms with Crippen molar-refractivity contribution in [1.82, 2.24) is 0 Å². The lowest BCUT2D eigenvalue weighted by Gasteiger charge is -2.08.